The molecule has 0 atom stereocenters. The number of benzene rings is 2. The molecule has 146 valence electrons. The van der Waals surface area contributed by atoms with Gasteiger partial charge in [0.15, 0.2) is 11.5 Å². The third kappa shape index (κ3) is 5.03. The Labute approximate surface area is 163 Å². The van der Waals surface area contributed by atoms with Crippen molar-refractivity contribution >= 4 is 5.91 Å². The molecule has 28 heavy (non-hydrogen) atoms. The Morgan fingerprint density at radius 2 is 1.79 bits per heavy atom. The van der Waals surface area contributed by atoms with E-state index in [1.165, 1.54) is 6.07 Å². The van der Waals surface area contributed by atoms with Gasteiger partial charge in [-0.25, -0.2) is 0 Å². The van der Waals surface area contributed by atoms with Crippen LogP contribution in [0.25, 0.3) is 0 Å². The fourth-order valence-electron chi connectivity index (χ4n) is 2.61. The molecule has 1 amide bonds. The summed E-state index contributed by atoms with van der Waals surface area (Å²) in [5.41, 5.74) is 2.02. The molecular formula is C21H22N2O5. The average Bonchev–Trinajstić information content (AvgIpc) is 3.22. The van der Waals surface area contributed by atoms with Gasteiger partial charge in [0.2, 0.25) is 5.76 Å². The molecule has 1 aromatic heterocycles. The lowest BCUT2D eigenvalue weighted by atomic mass is 10.1. The van der Waals surface area contributed by atoms with Gasteiger partial charge in [0.05, 0.1) is 20.3 Å². The number of hydrogen-bond donors (Lipinski definition) is 1. The average molecular weight is 382 g/mol. The fraction of sp³-hybridized carbons (Fsp3) is 0.238. The van der Waals surface area contributed by atoms with Crippen LogP contribution in [0.4, 0.5) is 0 Å². The quantitative estimate of drug-likeness (QED) is 0.612. The zero-order valence-electron chi connectivity index (χ0n) is 15.8. The summed E-state index contributed by atoms with van der Waals surface area (Å²) in [5, 5.41) is 6.57. The monoisotopic (exact) mass is 382 g/mol. The van der Waals surface area contributed by atoms with Crippen LogP contribution in [0.15, 0.2) is 59.1 Å². The van der Waals surface area contributed by atoms with Gasteiger partial charge in [0.1, 0.15) is 6.61 Å². The molecule has 0 fully saturated rings. The van der Waals surface area contributed by atoms with Crippen LogP contribution in [0.3, 0.4) is 0 Å². The van der Waals surface area contributed by atoms with E-state index in [0.717, 1.165) is 11.1 Å². The van der Waals surface area contributed by atoms with Crippen molar-refractivity contribution in [3.05, 3.63) is 71.5 Å². The number of nitrogens with one attached hydrogen (secondary N) is 1. The summed E-state index contributed by atoms with van der Waals surface area (Å²) in [6, 6.07) is 16.8. The molecule has 0 unspecified atom stereocenters. The maximum atomic E-state index is 12.2. The van der Waals surface area contributed by atoms with Crippen LogP contribution in [0.1, 0.15) is 21.7 Å². The summed E-state index contributed by atoms with van der Waals surface area (Å²) in [5.74, 6) is 1.36. The molecule has 3 rings (SSSR count). The van der Waals surface area contributed by atoms with E-state index >= 15 is 0 Å². The number of carbonyl (C=O) groups is 1. The van der Waals surface area contributed by atoms with Crippen molar-refractivity contribution in [3.8, 4) is 17.4 Å². The predicted molar refractivity (Wildman–Crippen MR) is 103 cm³/mol. The highest BCUT2D eigenvalue weighted by molar-refractivity contribution is 5.91. The molecule has 2 aromatic carbocycles. The lowest BCUT2D eigenvalue weighted by Crippen LogP contribution is -2.25. The van der Waals surface area contributed by atoms with Gasteiger partial charge in [-0.1, -0.05) is 36.4 Å². The topological polar surface area (TPSA) is 82.8 Å². The van der Waals surface area contributed by atoms with Gasteiger partial charge in [-0.2, -0.15) is 0 Å². The highest BCUT2D eigenvalue weighted by Gasteiger charge is 2.14. The summed E-state index contributed by atoms with van der Waals surface area (Å²) < 4.78 is 21.1. The van der Waals surface area contributed by atoms with E-state index in [1.54, 1.807) is 14.2 Å². The zero-order valence-corrected chi connectivity index (χ0v) is 15.8. The van der Waals surface area contributed by atoms with E-state index in [4.69, 9.17) is 18.7 Å². The fourth-order valence-corrected chi connectivity index (χ4v) is 2.61. The van der Waals surface area contributed by atoms with Gasteiger partial charge >= 0.3 is 0 Å². The summed E-state index contributed by atoms with van der Waals surface area (Å²) in [4.78, 5) is 12.2. The van der Waals surface area contributed by atoms with Crippen LogP contribution in [0.5, 0.6) is 17.4 Å². The van der Waals surface area contributed by atoms with E-state index in [0.29, 0.717) is 31.1 Å². The molecular weight excluding hydrogens is 360 g/mol. The van der Waals surface area contributed by atoms with Gasteiger partial charge in [-0.15, -0.1) is 0 Å². The van der Waals surface area contributed by atoms with Crippen LogP contribution >= 0.6 is 0 Å². The van der Waals surface area contributed by atoms with Gasteiger partial charge in [0, 0.05) is 6.54 Å². The standard InChI is InChI=1S/C21H22N2O5/c1-25-17-9-8-15(12-18(17)26-2)10-11-22-21(24)19-13-20(23-28-19)27-14-16-6-4-3-5-7-16/h3-9,12-13H,10-11,14H2,1-2H3,(H,22,24). The van der Waals surface area contributed by atoms with Gasteiger partial charge < -0.3 is 24.1 Å². The van der Waals surface area contributed by atoms with Crippen molar-refractivity contribution in [2.75, 3.05) is 20.8 Å². The van der Waals surface area contributed by atoms with Crippen LogP contribution in [0.2, 0.25) is 0 Å². The number of rotatable bonds is 9. The molecule has 0 bridgehead atoms. The van der Waals surface area contributed by atoms with Crippen molar-refractivity contribution in [2.24, 2.45) is 0 Å². The highest BCUT2D eigenvalue weighted by Crippen LogP contribution is 2.27. The van der Waals surface area contributed by atoms with E-state index < -0.39 is 0 Å². The summed E-state index contributed by atoms with van der Waals surface area (Å²) >= 11 is 0. The third-order valence-corrected chi connectivity index (χ3v) is 4.09. The second-order valence-electron chi connectivity index (χ2n) is 6.00. The summed E-state index contributed by atoms with van der Waals surface area (Å²) in [6.07, 6.45) is 0.637. The highest BCUT2D eigenvalue weighted by atomic mass is 16.5. The Balaban J connectivity index is 1.48. The smallest absolute Gasteiger partial charge is 0.290 e. The molecule has 0 aliphatic rings. The minimum Gasteiger partial charge on any atom is -0.493 e. The first-order valence-corrected chi connectivity index (χ1v) is 8.82. The SMILES string of the molecule is COc1ccc(CCNC(=O)c2cc(OCc3ccccc3)no2)cc1OC. The largest absolute Gasteiger partial charge is 0.493 e. The molecule has 0 radical (unpaired) electrons. The first kappa shape index (κ1) is 19.3. The molecule has 7 heteroatoms. The van der Waals surface area contributed by atoms with Crippen LogP contribution in [-0.4, -0.2) is 31.8 Å². The predicted octanol–water partition coefficient (Wildman–Crippen LogP) is 3.24. The first-order chi connectivity index (χ1) is 13.7. The molecule has 3 aromatic rings. The molecule has 1 heterocycles. The summed E-state index contributed by atoms with van der Waals surface area (Å²) in [6.45, 7) is 0.795. The molecule has 0 aliphatic heterocycles. The van der Waals surface area contributed by atoms with Crippen molar-refractivity contribution in [1.82, 2.24) is 10.5 Å². The Bertz CT molecular complexity index is 908. The minimum atomic E-state index is -0.345. The number of carbonyl (C=O) groups excluding carboxylic acids is 1. The normalized spacial score (nSPS) is 10.4. The Hall–Kier alpha value is -3.48. The van der Waals surface area contributed by atoms with E-state index in [9.17, 15) is 4.79 Å². The maximum absolute atomic E-state index is 12.2. The number of methoxy groups -OCH3 is 2. The number of amides is 1. The first-order valence-electron chi connectivity index (χ1n) is 8.82. The number of hydrogen-bond acceptors (Lipinski definition) is 6. The van der Waals surface area contributed by atoms with Gasteiger partial charge in [-0.3, -0.25) is 4.79 Å². The number of nitrogens with zero attached hydrogens (tertiary/aromatic N) is 1. The van der Waals surface area contributed by atoms with Gasteiger partial charge in [0.25, 0.3) is 11.8 Å². The number of aromatic nitrogens is 1. The molecule has 1 N–H and O–H groups in total. The van der Waals surface area contributed by atoms with E-state index in [-0.39, 0.29) is 17.5 Å². The van der Waals surface area contributed by atoms with E-state index in [2.05, 4.69) is 10.5 Å². The number of ether oxygens (including phenoxy) is 3. The molecule has 0 saturated heterocycles. The van der Waals surface area contributed by atoms with Crippen molar-refractivity contribution < 1.29 is 23.5 Å². The van der Waals surface area contributed by atoms with Crippen LogP contribution in [0, 0.1) is 0 Å². The van der Waals surface area contributed by atoms with Crippen LogP contribution < -0.4 is 19.5 Å². The Morgan fingerprint density at radius 1 is 1.00 bits per heavy atom. The van der Waals surface area contributed by atoms with E-state index in [1.807, 2.05) is 48.5 Å². The maximum Gasteiger partial charge on any atom is 0.290 e. The van der Waals surface area contributed by atoms with Crippen molar-refractivity contribution in [2.45, 2.75) is 13.0 Å². The lowest BCUT2D eigenvalue weighted by molar-refractivity contribution is 0.0917. The molecule has 0 saturated carbocycles. The molecule has 0 spiro atoms. The lowest BCUT2D eigenvalue weighted by Gasteiger charge is -2.09. The van der Waals surface area contributed by atoms with Crippen molar-refractivity contribution in [3.63, 3.8) is 0 Å². The summed E-state index contributed by atoms with van der Waals surface area (Å²) in [7, 11) is 3.18. The van der Waals surface area contributed by atoms with Crippen LogP contribution in [-0.2, 0) is 13.0 Å². The zero-order chi connectivity index (χ0) is 19.8. The Kier molecular flexibility index (Phi) is 6.51. The third-order valence-electron chi connectivity index (χ3n) is 4.09. The Morgan fingerprint density at radius 3 is 2.54 bits per heavy atom. The second-order valence-corrected chi connectivity index (χ2v) is 6.00. The van der Waals surface area contributed by atoms with Crippen molar-refractivity contribution in [1.29, 1.82) is 0 Å². The molecule has 0 aliphatic carbocycles. The minimum absolute atomic E-state index is 0.107. The van der Waals surface area contributed by atoms with Gasteiger partial charge in [-0.05, 0) is 34.8 Å². The molecule has 7 nitrogen and oxygen atoms in total. The second kappa shape index (κ2) is 9.45.